The minimum Gasteiger partial charge on any atom is -0.454 e. The van der Waals surface area contributed by atoms with Crippen LogP contribution in [0.4, 0.5) is 4.39 Å². The number of pyridine rings is 1. The number of hydrogen-bond acceptors (Lipinski definition) is 1. The van der Waals surface area contributed by atoms with Crippen LogP contribution < -0.4 is 4.57 Å². The molecule has 38 heavy (non-hydrogen) atoms. The zero-order chi connectivity index (χ0) is 26.1. The van der Waals surface area contributed by atoms with E-state index in [-0.39, 0.29) is 5.82 Å². The van der Waals surface area contributed by atoms with Gasteiger partial charge in [-0.3, -0.25) is 0 Å². The summed E-state index contributed by atoms with van der Waals surface area (Å²) in [7, 11) is 2.06. The third-order valence-corrected chi connectivity index (χ3v) is 7.83. The molecule has 0 radical (unpaired) electrons. The van der Waals surface area contributed by atoms with Gasteiger partial charge in [0.05, 0.1) is 11.1 Å². The molecule has 0 bridgehead atoms. The number of aryl methyl sites for hydroxylation is 4. The monoisotopic (exact) mass is 496 g/mol. The average Bonchev–Trinajstić information content (AvgIpc) is 3.29. The second kappa shape index (κ2) is 8.26. The molecule has 0 saturated carbocycles. The van der Waals surface area contributed by atoms with Crippen molar-refractivity contribution in [1.29, 1.82) is 0 Å². The van der Waals surface area contributed by atoms with Crippen molar-refractivity contribution in [2.24, 2.45) is 7.05 Å². The molecule has 3 heteroatoms. The van der Waals surface area contributed by atoms with Gasteiger partial charge >= 0.3 is 0 Å². The van der Waals surface area contributed by atoms with Crippen molar-refractivity contribution in [3.8, 4) is 22.4 Å². The number of hydrogen-bond donors (Lipinski definition) is 0. The lowest BCUT2D eigenvalue weighted by Gasteiger charge is -2.12. The van der Waals surface area contributed by atoms with E-state index in [0.717, 1.165) is 65.8 Å². The molecule has 0 spiro atoms. The fourth-order valence-electron chi connectivity index (χ4n) is 6.19. The van der Waals surface area contributed by atoms with Gasteiger partial charge in [-0.1, -0.05) is 54.6 Å². The van der Waals surface area contributed by atoms with E-state index in [2.05, 4.69) is 87.1 Å². The first-order valence-electron chi connectivity index (χ1n) is 12.9. The van der Waals surface area contributed by atoms with Crippen LogP contribution in [0.25, 0.3) is 65.9 Å². The predicted octanol–water partition coefficient (Wildman–Crippen LogP) is 9.12. The Hall–Kier alpha value is -4.50. The number of rotatable bonds is 2. The van der Waals surface area contributed by atoms with Crippen LogP contribution in [-0.4, -0.2) is 0 Å². The molecule has 0 saturated heterocycles. The van der Waals surface area contributed by atoms with Crippen LogP contribution >= 0.6 is 0 Å². The second-order valence-corrected chi connectivity index (χ2v) is 10.4. The minimum atomic E-state index is -0.284. The first-order valence-corrected chi connectivity index (χ1v) is 12.9. The molecule has 0 aliphatic heterocycles. The van der Waals surface area contributed by atoms with Crippen molar-refractivity contribution < 1.29 is 13.4 Å². The van der Waals surface area contributed by atoms with Crippen LogP contribution in [0.1, 0.15) is 16.7 Å². The molecule has 2 nitrogen and oxygen atoms in total. The highest BCUT2D eigenvalue weighted by atomic mass is 19.1. The zero-order valence-corrected chi connectivity index (χ0v) is 21.9. The molecule has 0 aliphatic carbocycles. The van der Waals surface area contributed by atoms with Gasteiger partial charge in [0.25, 0.3) is 0 Å². The standard InChI is InChI=1S/C35H27FNO/c1-20-13-16-30(37(4)19-20)32-22(3)17-21(2)31-27-14-15-29(36)33(34(27)38-35(31)32)28-18-23-9-5-6-10-24(23)25-11-7-8-12-26(25)28/h5-19H,1-4H3/q+1. The fraction of sp³-hybridized carbons (Fsp3) is 0.114. The summed E-state index contributed by atoms with van der Waals surface area (Å²) in [5, 5.41) is 6.32. The number of benzene rings is 5. The van der Waals surface area contributed by atoms with E-state index < -0.39 is 0 Å². The summed E-state index contributed by atoms with van der Waals surface area (Å²) in [6, 6.07) is 28.5. The van der Waals surface area contributed by atoms with Gasteiger partial charge < -0.3 is 4.42 Å². The number of aromatic nitrogens is 1. The molecule has 5 aromatic carbocycles. The minimum absolute atomic E-state index is 0.284. The lowest BCUT2D eigenvalue weighted by molar-refractivity contribution is -0.660. The van der Waals surface area contributed by atoms with Gasteiger partial charge in [0.2, 0.25) is 5.69 Å². The lowest BCUT2D eigenvalue weighted by Crippen LogP contribution is -2.31. The van der Waals surface area contributed by atoms with Crippen molar-refractivity contribution in [2.45, 2.75) is 20.8 Å². The normalized spacial score (nSPS) is 11.8. The molecule has 0 N–H and O–H groups in total. The third-order valence-electron chi connectivity index (χ3n) is 7.83. The molecule has 0 unspecified atom stereocenters. The van der Waals surface area contributed by atoms with Gasteiger partial charge in [0.1, 0.15) is 24.0 Å². The highest BCUT2D eigenvalue weighted by molar-refractivity contribution is 6.19. The highest BCUT2D eigenvalue weighted by Gasteiger charge is 2.25. The maximum Gasteiger partial charge on any atom is 0.216 e. The van der Waals surface area contributed by atoms with Crippen LogP contribution in [0, 0.1) is 26.6 Å². The Labute approximate surface area is 220 Å². The first kappa shape index (κ1) is 22.7. The summed E-state index contributed by atoms with van der Waals surface area (Å²) in [6.07, 6.45) is 2.12. The van der Waals surface area contributed by atoms with Gasteiger partial charge in [0.15, 0.2) is 6.20 Å². The lowest BCUT2D eigenvalue weighted by atomic mass is 9.91. The maximum atomic E-state index is 15.9. The van der Waals surface area contributed by atoms with E-state index in [9.17, 15) is 0 Å². The van der Waals surface area contributed by atoms with Gasteiger partial charge in [0, 0.05) is 22.4 Å². The molecule has 184 valence electrons. The van der Waals surface area contributed by atoms with E-state index in [1.165, 1.54) is 5.56 Å². The molecule has 0 fully saturated rings. The predicted molar refractivity (Wildman–Crippen MR) is 155 cm³/mol. The van der Waals surface area contributed by atoms with Crippen molar-refractivity contribution in [3.63, 3.8) is 0 Å². The van der Waals surface area contributed by atoms with E-state index in [4.69, 9.17) is 4.42 Å². The summed E-state index contributed by atoms with van der Waals surface area (Å²) >= 11 is 0. The van der Waals surface area contributed by atoms with Crippen molar-refractivity contribution >= 4 is 43.5 Å². The summed E-state index contributed by atoms with van der Waals surface area (Å²) in [5.41, 5.74) is 8.29. The molecule has 2 heterocycles. The fourth-order valence-corrected chi connectivity index (χ4v) is 6.19. The zero-order valence-electron chi connectivity index (χ0n) is 21.9. The number of fused-ring (bicyclic) bond motifs is 6. The Morgan fingerprint density at radius 3 is 2.18 bits per heavy atom. The Morgan fingerprint density at radius 1 is 0.658 bits per heavy atom. The molecule has 0 atom stereocenters. The molecule has 0 amide bonds. The van der Waals surface area contributed by atoms with Gasteiger partial charge in [-0.25, -0.2) is 8.96 Å². The van der Waals surface area contributed by atoms with Gasteiger partial charge in [-0.15, -0.1) is 0 Å². The van der Waals surface area contributed by atoms with E-state index >= 15 is 4.39 Å². The summed E-state index contributed by atoms with van der Waals surface area (Å²) in [4.78, 5) is 0. The summed E-state index contributed by atoms with van der Waals surface area (Å²) < 4.78 is 24.8. The highest BCUT2D eigenvalue weighted by Crippen LogP contribution is 2.45. The smallest absolute Gasteiger partial charge is 0.216 e. The van der Waals surface area contributed by atoms with Crippen molar-refractivity contribution in [3.05, 3.63) is 114 Å². The number of nitrogens with zero attached hydrogens (tertiary/aromatic N) is 1. The first-order chi connectivity index (χ1) is 18.4. The van der Waals surface area contributed by atoms with E-state index in [1.807, 2.05) is 30.3 Å². The number of furan rings is 1. The average molecular weight is 497 g/mol. The largest absolute Gasteiger partial charge is 0.454 e. The maximum absolute atomic E-state index is 15.9. The Kier molecular flexibility index (Phi) is 4.93. The van der Waals surface area contributed by atoms with E-state index in [1.54, 1.807) is 6.07 Å². The van der Waals surface area contributed by atoms with Gasteiger partial charge in [-0.05, 0) is 83.3 Å². The molecular formula is C35H27FNO+. The van der Waals surface area contributed by atoms with Crippen LogP contribution in [0.2, 0.25) is 0 Å². The van der Waals surface area contributed by atoms with Crippen LogP contribution in [-0.2, 0) is 7.05 Å². The number of halogens is 1. The van der Waals surface area contributed by atoms with Crippen LogP contribution in [0.3, 0.4) is 0 Å². The molecule has 2 aromatic heterocycles. The van der Waals surface area contributed by atoms with Crippen LogP contribution in [0.5, 0.6) is 0 Å². The van der Waals surface area contributed by atoms with Crippen molar-refractivity contribution in [2.75, 3.05) is 0 Å². The molecular weight excluding hydrogens is 469 g/mol. The Balaban J connectivity index is 1.64. The Bertz CT molecular complexity index is 2080. The quantitative estimate of drug-likeness (QED) is 0.172. The second-order valence-electron chi connectivity index (χ2n) is 10.4. The molecule has 7 rings (SSSR count). The molecule has 7 aromatic rings. The SMILES string of the molecule is Cc1ccc(-c2c(C)cc(C)c3c2oc2c(-c4cc5ccccc5c5ccccc45)c(F)ccc23)[n+](C)c1. The van der Waals surface area contributed by atoms with Crippen LogP contribution in [0.15, 0.2) is 95.5 Å². The summed E-state index contributed by atoms with van der Waals surface area (Å²) in [5.74, 6) is -0.284. The molecule has 0 aliphatic rings. The van der Waals surface area contributed by atoms with Gasteiger partial charge in [-0.2, -0.15) is 0 Å². The van der Waals surface area contributed by atoms with Crippen molar-refractivity contribution in [1.82, 2.24) is 0 Å². The topological polar surface area (TPSA) is 17.0 Å². The third kappa shape index (κ3) is 3.21. The van der Waals surface area contributed by atoms with E-state index in [0.29, 0.717) is 11.1 Å². The summed E-state index contributed by atoms with van der Waals surface area (Å²) in [6.45, 7) is 6.32. The Morgan fingerprint density at radius 2 is 1.39 bits per heavy atom.